The Morgan fingerprint density at radius 1 is 0.750 bits per heavy atom. The van der Waals surface area contributed by atoms with Gasteiger partial charge in [0.15, 0.2) is 0 Å². The van der Waals surface area contributed by atoms with E-state index in [9.17, 15) is 4.39 Å². The minimum absolute atomic E-state index is 0.172. The summed E-state index contributed by atoms with van der Waals surface area (Å²) in [5, 5.41) is 3.33. The van der Waals surface area contributed by atoms with Gasteiger partial charge in [0, 0.05) is 12.2 Å². The first-order chi connectivity index (χ1) is 9.83. The Morgan fingerprint density at radius 3 is 1.80 bits per heavy atom. The maximum Gasteiger partial charge on any atom is 0.123 e. The molecule has 0 unspecified atom stereocenters. The molecule has 0 radical (unpaired) electrons. The quantitative estimate of drug-likeness (QED) is 0.452. The van der Waals surface area contributed by atoms with Crippen LogP contribution in [0.4, 0.5) is 10.1 Å². The zero-order chi connectivity index (χ0) is 14.5. The average Bonchev–Trinajstić information content (AvgIpc) is 2.47. The summed E-state index contributed by atoms with van der Waals surface area (Å²) in [6.45, 7) is 3.25. The third-order valence-corrected chi connectivity index (χ3v) is 3.70. The van der Waals surface area contributed by atoms with E-state index in [1.165, 1.54) is 76.3 Å². The summed E-state index contributed by atoms with van der Waals surface area (Å²) in [5.41, 5.74) is 1.02. The third kappa shape index (κ3) is 8.95. The molecule has 1 aromatic rings. The molecular weight excluding hydrogens is 249 g/mol. The summed E-state index contributed by atoms with van der Waals surface area (Å²) in [7, 11) is 0. The summed E-state index contributed by atoms with van der Waals surface area (Å²) >= 11 is 0. The van der Waals surface area contributed by atoms with Crippen molar-refractivity contribution in [3.63, 3.8) is 0 Å². The Bertz CT molecular complexity index is 321. The number of halogens is 1. The number of nitrogens with one attached hydrogen (secondary N) is 1. The summed E-state index contributed by atoms with van der Waals surface area (Å²) in [6.07, 6.45) is 13.6. The highest BCUT2D eigenvalue weighted by Gasteiger charge is 1.94. The van der Waals surface area contributed by atoms with Crippen LogP contribution in [0, 0.1) is 5.82 Å². The molecule has 1 N–H and O–H groups in total. The molecule has 2 heteroatoms. The summed E-state index contributed by atoms with van der Waals surface area (Å²) in [6, 6.07) is 6.60. The number of hydrogen-bond donors (Lipinski definition) is 1. The highest BCUT2D eigenvalue weighted by Crippen LogP contribution is 2.11. The normalized spacial score (nSPS) is 10.7. The van der Waals surface area contributed by atoms with Gasteiger partial charge in [-0.2, -0.15) is 0 Å². The van der Waals surface area contributed by atoms with E-state index in [4.69, 9.17) is 0 Å². The Hall–Kier alpha value is -1.05. The van der Waals surface area contributed by atoms with Crippen molar-refractivity contribution >= 4 is 5.69 Å². The van der Waals surface area contributed by atoms with E-state index in [0.29, 0.717) is 0 Å². The SMILES string of the molecule is CCCCCCCCCCCCNc1ccc(F)cc1. The fraction of sp³-hybridized carbons (Fsp3) is 0.667. The second kappa shape index (κ2) is 11.7. The fourth-order valence-corrected chi connectivity index (χ4v) is 2.41. The smallest absolute Gasteiger partial charge is 0.123 e. The Balaban J connectivity index is 1.84. The van der Waals surface area contributed by atoms with Gasteiger partial charge in [0.2, 0.25) is 0 Å². The fourth-order valence-electron chi connectivity index (χ4n) is 2.41. The van der Waals surface area contributed by atoms with E-state index >= 15 is 0 Å². The van der Waals surface area contributed by atoms with Crippen LogP contribution in [0.5, 0.6) is 0 Å². The minimum atomic E-state index is -0.172. The van der Waals surface area contributed by atoms with Gasteiger partial charge in [-0.05, 0) is 30.7 Å². The first-order valence-electron chi connectivity index (χ1n) is 8.32. The maximum atomic E-state index is 12.7. The van der Waals surface area contributed by atoms with Crippen LogP contribution in [-0.4, -0.2) is 6.54 Å². The van der Waals surface area contributed by atoms with Gasteiger partial charge in [-0.3, -0.25) is 0 Å². The van der Waals surface area contributed by atoms with Crippen molar-refractivity contribution in [3.8, 4) is 0 Å². The molecule has 20 heavy (non-hydrogen) atoms. The van der Waals surface area contributed by atoms with Gasteiger partial charge in [0.25, 0.3) is 0 Å². The van der Waals surface area contributed by atoms with Gasteiger partial charge in [-0.1, -0.05) is 64.7 Å². The molecule has 0 heterocycles. The molecule has 0 spiro atoms. The van der Waals surface area contributed by atoms with Crippen LogP contribution in [0.1, 0.15) is 71.1 Å². The van der Waals surface area contributed by atoms with Crippen LogP contribution < -0.4 is 5.32 Å². The van der Waals surface area contributed by atoms with Crippen molar-refractivity contribution in [2.45, 2.75) is 71.1 Å². The molecule has 0 fully saturated rings. The molecule has 1 rings (SSSR count). The Labute approximate surface area is 124 Å². The van der Waals surface area contributed by atoms with Crippen molar-refractivity contribution in [2.24, 2.45) is 0 Å². The molecule has 0 aromatic heterocycles. The van der Waals surface area contributed by atoms with Crippen molar-refractivity contribution in [1.82, 2.24) is 0 Å². The molecule has 0 aliphatic carbocycles. The van der Waals surface area contributed by atoms with Crippen molar-refractivity contribution in [2.75, 3.05) is 11.9 Å². The molecule has 0 atom stereocenters. The van der Waals surface area contributed by atoms with E-state index < -0.39 is 0 Å². The van der Waals surface area contributed by atoms with Gasteiger partial charge < -0.3 is 5.32 Å². The molecular formula is C18H30FN. The van der Waals surface area contributed by atoms with Gasteiger partial charge in [0.1, 0.15) is 5.82 Å². The van der Waals surface area contributed by atoms with Gasteiger partial charge in [0.05, 0.1) is 0 Å². The second-order valence-corrected chi connectivity index (χ2v) is 5.62. The van der Waals surface area contributed by atoms with Gasteiger partial charge in [-0.25, -0.2) is 4.39 Å². The molecule has 0 saturated carbocycles. The molecule has 1 aromatic carbocycles. The lowest BCUT2D eigenvalue weighted by atomic mass is 10.1. The third-order valence-electron chi connectivity index (χ3n) is 3.70. The molecule has 0 amide bonds. The number of rotatable bonds is 12. The molecule has 0 aliphatic heterocycles. The van der Waals surface area contributed by atoms with Crippen LogP contribution in [0.25, 0.3) is 0 Å². The number of unbranched alkanes of at least 4 members (excludes halogenated alkanes) is 9. The van der Waals surface area contributed by atoms with Crippen LogP contribution in [0.3, 0.4) is 0 Å². The molecule has 0 saturated heterocycles. The highest BCUT2D eigenvalue weighted by atomic mass is 19.1. The minimum Gasteiger partial charge on any atom is -0.385 e. The largest absolute Gasteiger partial charge is 0.385 e. The van der Waals surface area contributed by atoms with Gasteiger partial charge in [-0.15, -0.1) is 0 Å². The topological polar surface area (TPSA) is 12.0 Å². The van der Waals surface area contributed by atoms with Crippen LogP contribution in [-0.2, 0) is 0 Å². The average molecular weight is 279 g/mol. The van der Waals surface area contributed by atoms with Crippen LogP contribution in [0.2, 0.25) is 0 Å². The van der Waals surface area contributed by atoms with Crippen molar-refractivity contribution in [1.29, 1.82) is 0 Å². The van der Waals surface area contributed by atoms with Crippen LogP contribution in [0.15, 0.2) is 24.3 Å². The summed E-state index contributed by atoms with van der Waals surface area (Å²) < 4.78 is 12.7. The molecule has 0 bridgehead atoms. The van der Waals surface area contributed by atoms with E-state index in [-0.39, 0.29) is 5.82 Å². The maximum absolute atomic E-state index is 12.7. The standard InChI is InChI=1S/C18H30FN/c1-2-3-4-5-6-7-8-9-10-11-16-20-18-14-12-17(19)13-15-18/h12-15,20H,2-11,16H2,1H3. The predicted octanol–water partition coefficient (Wildman–Crippen LogP) is 6.16. The zero-order valence-corrected chi connectivity index (χ0v) is 13.0. The van der Waals surface area contributed by atoms with E-state index in [1.807, 2.05) is 0 Å². The second-order valence-electron chi connectivity index (χ2n) is 5.62. The zero-order valence-electron chi connectivity index (χ0n) is 13.0. The summed E-state index contributed by atoms with van der Waals surface area (Å²) in [4.78, 5) is 0. The van der Waals surface area contributed by atoms with Crippen LogP contribution >= 0.6 is 0 Å². The lowest BCUT2D eigenvalue weighted by molar-refractivity contribution is 0.560. The van der Waals surface area contributed by atoms with Gasteiger partial charge >= 0.3 is 0 Å². The van der Waals surface area contributed by atoms with E-state index in [0.717, 1.165) is 12.2 Å². The number of benzene rings is 1. The predicted molar refractivity (Wildman–Crippen MR) is 86.7 cm³/mol. The van der Waals surface area contributed by atoms with E-state index in [1.54, 1.807) is 12.1 Å². The first-order valence-corrected chi connectivity index (χ1v) is 8.32. The highest BCUT2D eigenvalue weighted by molar-refractivity contribution is 5.42. The molecule has 0 aliphatic rings. The van der Waals surface area contributed by atoms with Crippen molar-refractivity contribution in [3.05, 3.63) is 30.1 Å². The first kappa shape index (κ1) is 17.0. The molecule has 114 valence electrons. The van der Waals surface area contributed by atoms with E-state index in [2.05, 4.69) is 12.2 Å². The summed E-state index contributed by atoms with van der Waals surface area (Å²) in [5.74, 6) is -0.172. The molecule has 1 nitrogen and oxygen atoms in total. The number of anilines is 1. The van der Waals surface area contributed by atoms with Crippen molar-refractivity contribution < 1.29 is 4.39 Å². The monoisotopic (exact) mass is 279 g/mol. The Kier molecular flexibility index (Phi) is 9.99. The number of hydrogen-bond acceptors (Lipinski definition) is 1. The Morgan fingerprint density at radius 2 is 1.25 bits per heavy atom. The lowest BCUT2D eigenvalue weighted by Crippen LogP contribution is -2.01. The lowest BCUT2D eigenvalue weighted by Gasteiger charge is -2.06.